The molecule has 1 N–H and O–H groups in total. The van der Waals surface area contributed by atoms with Gasteiger partial charge in [-0.3, -0.25) is 9.10 Å². The number of carbonyl (C=O) groups is 1. The first kappa shape index (κ1) is 19.2. The van der Waals surface area contributed by atoms with E-state index >= 15 is 0 Å². The van der Waals surface area contributed by atoms with E-state index < -0.39 is 27.7 Å². The molecule has 0 unspecified atom stereocenters. The van der Waals surface area contributed by atoms with Crippen LogP contribution >= 0.6 is 0 Å². The second-order valence-electron chi connectivity index (χ2n) is 6.27. The molecular weight excluding hydrogens is 381 g/mol. The lowest BCUT2D eigenvalue weighted by atomic mass is 10.1. The quantitative estimate of drug-likeness (QED) is 0.855. The number of hydrogen-bond acceptors (Lipinski definition) is 3. The van der Waals surface area contributed by atoms with Crippen LogP contribution in [-0.2, 0) is 16.2 Å². The van der Waals surface area contributed by atoms with E-state index in [0.717, 1.165) is 12.1 Å². The predicted octanol–water partition coefficient (Wildman–Crippen LogP) is 3.81. The molecule has 0 radical (unpaired) electrons. The van der Waals surface area contributed by atoms with E-state index in [2.05, 4.69) is 5.32 Å². The maximum absolute atomic E-state index is 12.8. The fraction of sp³-hybridized carbons (Fsp3) is 0.278. The average molecular weight is 398 g/mol. The van der Waals surface area contributed by atoms with Gasteiger partial charge in [-0.1, -0.05) is 6.07 Å². The highest BCUT2D eigenvalue weighted by Crippen LogP contribution is 2.30. The van der Waals surface area contributed by atoms with Crippen molar-refractivity contribution in [1.29, 1.82) is 0 Å². The molecule has 1 saturated heterocycles. The molecule has 0 aromatic heterocycles. The Hall–Kier alpha value is -2.55. The molecule has 144 valence electrons. The molecule has 0 atom stereocenters. The normalized spacial score (nSPS) is 16.4. The van der Waals surface area contributed by atoms with Crippen molar-refractivity contribution in [3.05, 3.63) is 59.2 Å². The number of alkyl halides is 3. The highest BCUT2D eigenvalue weighted by molar-refractivity contribution is 7.93. The number of aryl methyl sites for hydroxylation is 1. The Morgan fingerprint density at radius 2 is 1.89 bits per heavy atom. The summed E-state index contributed by atoms with van der Waals surface area (Å²) >= 11 is 0. The van der Waals surface area contributed by atoms with Crippen LogP contribution in [0.25, 0.3) is 0 Å². The van der Waals surface area contributed by atoms with Crippen LogP contribution in [0.1, 0.15) is 27.9 Å². The van der Waals surface area contributed by atoms with Crippen molar-refractivity contribution in [3.8, 4) is 0 Å². The maximum Gasteiger partial charge on any atom is 0.416 e. The number of amides is 1. The summed E-state index contributed by atoms with van der Waals surface area (Å²) in [5.74, 6) is -0.578. The maximum atomic E-state index is 12.8. The van der Waals surface area contributed by atoms with Crippen LogP contribution in [-0.4, -0.2) is 26.6 Å². The largest absolute Gasteiger partial charge is 0.416 e. The fourth-order valence-corrected chi connectivity index (χ4v) is 4.46. The molecule has 1 aliphatic heterocycles. The Kier molecular flexibility index (Phi) is 4.90. The zero-order valence-electron chi connectivity index (χ0n) is 14.4. The topological polar surface area (TPSA) is 66.5 Å². The first-order valence-electron chi connectivity index (χ1n) is 8.17. The molecule has 0 saturated carbocycles. The van der Waals surface area contributed by atoms with Crippen LogP contribution < -0.4 is 9.62 Å². The van der Waals surface area contributed by atoms with E-state index in [1.165, 1.54) is 16.4 Å². The van der Waals surface area contributed by atoms with Crippen molar-refractivity contribution >= 4 is 27.3 Å². The standard InChI is InChI=1S/C18H17F3N2O3S/c1-12-10-15(23-8-3-9-27(23,25)26)6-7-16(12)22-17(24)13-4-2-5-14(11-13)18(19,20)21/h2,4-7,10-11H,3,8-9H2,1H3,(H,22,24). The number of benzene rings is 2. The molecule has 1 fully saturated rings. The summed E-state index contributed by atoms with van der Waals surface area (Å²) in [6, 6.07) is 8.90. The van der Waals surface area contributed by atoms with Gasteiger partial charge < -0.3 is 5.32 Å². The Labute approximate surface area is 154 Å². The van der Waals surface area contributed by atoms with Crippen LogP contribution in [0.5, 0.6) is 0 Å². The van der Waals surface area contributed by atoms with E-state index in [1.807, 2.05) is 0 Å². The SMILES string of the molecule is Cc1cc(N2CCCS2(=O)=O)ccc1NC(=O)c1cccc(C(F)(F)F)c1. The molecule has 1 amide bonds. The van der Waals surface area contributed by atoms with Gasteiger partial charge in [0.1, 0.15) is 0 Å². The molecule has 5 nitrogen and oxygen atoms in total. The lowest BCUT2D eigenvalue weighted by molar-refractivity contribution is -0.137. The molecule has 9 heteroatoms. The van der Waals surface area contributed by atoms with Crippen LogP contribution in [0.4, 0.5) is 24.5 Å². The lowest BCUT2D eigenvalue weighted by Gasteiger charge is -2.18. The molecule has 1 heterocycles. The number of halogens is 3. The van der Waals surface area contributed by atoms with E-state index in [9.17, 15) is 26.4 Å². The second kappa shape index (κ2) is 6.88. The molecular formula is C18H17F3N2O3S. The van der Waals surface area contributed by atoms with Gasteiger partial charge in [0.15, 0.2) is 0 Å². The van der Waals surface area contributed by atoms with Crippen molar-refractivity contribution < 1.29 is 26.4 Å². The van der Waals surface area contributed by atoms with Gasteiger partial charge in [-0.05, 0) is 55.3 Å². The zero-order valence-corrected chi connectivity index (χ0v) is 15.2. The van der Waals surface area contributed by atoms with Crippen molar-refractivity contribution in [2.24, 2.45) is 0 Å². The average Bonchev–Trinajstić information content (AvgIpc) is 2.95. The molecule has 27 heavy (non-hydrogen) atoms. The van der Waals surface area contributed by atoms with Gasteiger partial charge in [-0.25, -0.2) is 8.42 Å². The molecule has 1 aliphatic rings. The van der Waals surface area contributed by atoms with E-state index in [-0.39, 0.29) is 11.3 Å². The van der Waals surface area contributed by atoms with Crippen molar-refractivity contribution in [2.75, 3.05) is 21.9 Å². The smallest absolute Gasteiger partial charge is 0.322 e. The minimum absolute atomic E-state index is 0.0973. The third-order valence-corrected chi connectivity index (χ3v) is 6.17. The highest BCUT2D eigenvalue weighted by atomic mass is 32.2. The van der Waals surface area contributed by atoms with Gasteiger partial charge in [-0.2, -0.15) is 13.2 Å². The van der Waals surface area contributed by atoms with Gasteiger partial charge in [0, 0.05) is 17.8 Å². The summed E-state index contributed by atoms with van der Waals surface area (Å²) in [5.41, 5.74) is 0.492. The Morgan fingerprint density at radius 3 is 2.48 bits per heavy atom. The zero-order chi connectivity index (χ0) is 19.8. The predicted molar refractivity (Wildman–Crippen MR) is 96.3 cm³/mol. The van der Waals surface area contributed by atoms with Crippen LogP contribution in [0.3, 0.4) is 0 Å². The molecule has 0 bridgehead atoms. The van der Waals surface area contributed by atoms with Gasteiger partial charge in [-0.15, -0.1) is 0 Å². The second-order valence-corrected chi connectivity index (χ2v) is 8.29. The third-order valence-electron chi connectivity index (χ3n) is 4.30. The highest BCUT2D eigenvalue weighted by Gasteiger charge is 2.31. The number of hydrogen-bond donors (Lipinski definition) is 1. The number of anilines is 2. The number of rotatable bonds is 3. The van der Waals surface area contributed by atoms with Gasteiger partial charge in [0.2, 0.25) is 10.0 Å². The number of carbonyl (C=O) groups excluding carboxylic acids is 1. The Bertz CT molecular complexity index is 988. The van der Waals surface area contributed by atoms with E-state index in [0.29, 0.717) is 29.9 Å². The molecule has 0 spiro atoms. The fourth-order valence-electron chi connectivity index (χ4n) is 2.90. The van der Waals surface area contributed by atoms with Crippen LogP contribution in [0, 0.1) is 6.92 Å². The number of nitrogens with one attached hydrogen (secondary N) is 1. The Morgan fingerprint density at radius 1 is 1.15 bits per heavy atom. The van der Waals surface area contributed by atoms with Gasteiger partial charge >= 0.3 is 6.18 Å². The molecule has 3 rings (SSSR count). The van der Waals surface area contributed by atoms with Crippen LogP contribution in [0.2, 0.25) is 0 Å². The minimum atomic E-state index is -4.53. The lowest BCUT2D eigenvalue weighted by Crippen LogP contribution is -2.25. The van der Waals surface area contributed by atoms with Crippen molar-refractivity contribution in [3.63, 3.8) is 0 Å². The van der Waals surface area contributed by atoms with Crippen molar-refractivity contribution in [2.45, 2.75) is 19.5 Å². The third kappa shape index (κ3) is 4.08. The number of sulfonamides is 1. The summed E-state index contributed by atoms with van der Waals surface area (Å²) in [6.45, 7) is 2.09. The minimum Gasteiger partial charge on any atom is -0.322 e. The van der Waals surface area contributed by atoms with Gasteiger partial charge in [0.25, 0.3) is 5.91 Å². The number of nitrogens with zero attached hydrogens (tertiary/aromatic N) is 1. The molecule has 2 aromatic carbocycles. The first-order valence-corrected chi connectivity index (χ1v) is 9.78. The van der Waals surface area contributed by atoms with E-state index in [4.69, 9.17) is 0 Å². The van der Waals surface area contributed by atoms with Gasteiger partial charge in [0.05, 0.1) is 17.0 Å². The summed E-state index contributed by atoms with van der Waals surface area (Å²) in [7, 11) is -3.32. The molecule has 0 aliphatic carbocycles. The van der Waals surface area contributed by atoms with Crippen LogP contribution in [0.15, 0.2) is 42.5 Å². The summed E-state index contributed by atoms with van der Waals surface area (Å²) in [4.78, 5) is 12.3. The monoisotopic (exact) mass is 398 g/mol. The van der Waals surface area contributed by atoms with Crippen molar-refractivity contribution in [1.82, 2.24) is 0 Å². The Balaban J connectivity index is 1.81. The first-order chi connectivity index (χ1) is 12.6. The summed E-state index contributed by atoms with van der Waals surface area (Å²) in [6.07, 6.45) is -3.98. The van der Waals surface area contributed by atoms with E-state index in [1.54, 1.807) is 25.1 Å². The summed E-state index contributed by atoms with van der Waals surface area (Å²) in [5, 5.41) is 2.57. The summed E-state index contributed by atoms with van der Waals surface area (Å²) < 4.78 is 63.7. The molecule has 2 aromatic rings.